The highest BCUT2D eigenvalue weighted by Crippen LogP contribution is 2.51. The maximum absolute atomic E-state index is 13.9. The molecular formula is C27H27NO6S. The summed E-state index contributed by atoms with van der Waals surface area (Å²) in [6.07, 6.45) is -0.731. The summed E-state index contributed by atoms with van der Waals surface area (Å²) in [5.74, 6) is 0.940. The minimum atomic E-state index is -3.77. The van der Waals surface area contributed by atoms with E-state index < -0.39 is 27.5 Å². The first kappa shape index (κ1) is 23.3. The van der Waals surface area contributed by atoms with Gasteiger partial charge in [0.1, 0.15) is 28.6 Å². The average molecular weight is 494 g/mol. The number of benzene rings is 3. The van der Waals surface area contributed by atoms with Crippen LogP contribution in [-0.4, -0.2) is 49.7 Å². The van der Waals surface area contributed by atoms with Crippen molar-refractivity contribution in [1.29, 1.82) is 0 Å². The Bertz CT molecular complexity index is 1350. The lowest BCUT2D eigenvalue weighted by Crippen LogP contribution is -2.43. The summed E-state index contributed by atoms with van der Waals surface area (Å²) >= 11 is 0. The Morgan fingerprint density at radius 1 is 0.886 bits per heavy atom. The van der Waals surface area contributed by atoms with E-state index in [4.69, 9.17) is 9.47 Å². The molecule has 0 amide bonds. The lowest BCUT2D eigenvalue weighted by Gasteiger charge is -2.31. The van der Waals surface area contributed by atoms with Gasteiger partial charge in [-0.3, -0.25) is 4.31 Å². The van der Waals surface area contributed by atoms with Crippen molar-refractivity contribution in [2.75, 3.05) is 18.0 Å². The van der Waals surface area contributed by atoms with Crippen molar-refractivity contribution in [1.82, 2.24) is 0 Å². The zero-order valence-electron chi connectivity index (χ0n) is 19.5. The molecule has 8 heteroatoms. The minimum Gasteiger partial charge on any atom is -0.508 e. The molecule has 0 spiro atoms. The second kappa shape index (κ2) is 8.94. The number of sulfonamides is 1. The highest BCUT2D eigenvalue weighted by molar-refractivity contribution is 7.93. The molecule has 3 aromatic carbocycles. The molecule has 0 aromatic heterocycles. The van der Waals surface area contributed by atoms with E-state index in [-0.39, 0.29) is 18.0 Å². The van der Waals surface area contributed by atoms with Gasteiger partial charge < -0.3 is 19.7 Å². The first-order chi connectivity index (χ1) is 16.8. The molecule has 1 fully saturated rings. The minimum absolute atomic E-state index is 0.130. The summed E-state index contributed by atoms with van der Waals surface area (Å²) in [6, 6.07) is 20.6. The summed E-state index contributed by atoms with van der Waals surface area (Å²) in [6.45, 7) is 2.10. The second-order valence-electron chi connectivity index (χ2n) is 8.65. The smallest absolute Gasteiger partial charge is 0.241 e. The van der Waals surface area contributed by atoms with Gasteiger partial charge in [-0.1, -0.05) is 24.3 Å². The van der Waals surface area contributed by atoms with E-state index in [1.807, 2.05) is 19.1 Å². The predicted octanol–water partition coefficient (Wildman–Crippen LogP) is 4.41. The van der Waals surface area contributed by atoms with E-state index in [1.54, 1.807) is 67.8 Å². The van der Waals surface area contributed by atoms with Gasteiger partial charge in [-0.15, -0.1) is 0 Å². The van der Waals surface area contributed by atoms with Crippen molar-refractivity contribution in [2.24, 2.45) is 0 Å². The standard InChI is InChI=1S/C27H27NO6S/c1-3-28(19-8-14-22(33-2)15-9-19)35(31,32)24-16-23-25(17-4-10-20(29)11-5-17)26(27(24)34-23)18-6-12-21(30)13-7-18/h4-15,23-24,27,29-30H,3,16H2,1-2H3/t23-,24+,27+/m1/s1. The van der Waals surface area contributed by atoms with E-state index >= 15 is 0 Å². The van der Waals surface area contributed by atoms with Crippen LogP contribution >= 0.6 is 0 Å². The van der Waals surface area contributed by atoms with Crippen molar-refractivity contribution < 1.29 is 28.1 Å². The third-order valence-corrected chi connectivity index (χ3v) is 8.97. The van der Waals surface area contributed by atoms with Crippen LogP contribution in [0.1, 0.15) is 24.5 Å². The van der Waals surface area contributed by atoms with Crippen LogP contribution in [0, 0.1) is 0 Å². The summed E-state index contributed by atoms with van der Waals surface area (Å²) in [4.78, 5) is 0. The van der Waals surface area contributed by atoms with Crippen LogP contribution in [0.15, 0.2) is 72.8 Å². The lowest BCUT2D eigenvalue weighted by atomic mass is 9.83. The van der Waals surface area contributed by atoms with E-state index in [0.29, 0.717) is 17.9 Å². The van der Waals surface area contributed by atoms with Gasteiger partial charge >= 0.3 is 0 Å². The molecule has 1 saturated heterocycles. The number of hydrogen-bond acceptors (Lipinski definition) is 6. The second-order valence-corrected chi connectivity index (χ2v) is 10.7. The molecule has 2 aliphatic heterocycles. The molecule has 5 rings (SSSR count). The Balaban J connectivity index is 1.58. The van der Waals surface area contributed by atoms with Crippen LogP contribution in [0.3, 0.4) is 0 Å². The molecule has 0 unspecified atom stereocenters. The van der Waals surface area contributed by atoms with Crippen LogP contribution in [0.25, 0.3) is 11.1 Å². The quantitative estimate of drug-likeness (QED) is 0.506. The lowest BCUT2D eigenvalue weighted by molar-refractivity contribution is 0.128. The van der Waals surface area contributed by atoms with E-state index in [0.717, 1.165) is 22.3 Å². The Hall–Kier alpha value is -3.49. The van der Waals surface area contributed by atoms with Crippen LogP contribution in [0.4, 0.5) is 5.69 Å². The predicted molar refractivity (Wildman–Crippen MR) is 135 cm³/mol. The number of methoxy groups -OCH3 is 1. The Morgan fingerprint density at radius 3 is 1.94 bits per heavy atom. The van der Waals surface area contributed by atoms with Crippen LogP contribution in [0.5, 0.6) is 17.2 Å². The van der Waals surface area contributed by atoms with E-state index in [9.17, 15) is 18.6 Å². The molecule has 0 saturated carbocycles. The highest BCUT2D eigenvalue weighted by atomic mass is 32.2. The number of hydrogen-bond donors (Lipinski definition) is 2. The number of rotatable bonds is 7. The molecule has 2 heterocycles. The molecule has 35 heavy (non-hydrogen) atoms. The number of anilines is 1. The number of aromatic hydroxyl groups is 2. The fourth-order valence-corrected chi connectivity index (χ4v) is 7.10. The van der Waals surface area contributed by atoms with Crippen LogP contribution in [-0.2, 0) is 14.8 Å². The topological polar surface area (TPSA) is 96.3 Å². The maximum atomic E-state index is 13.9. The number of ether oxygens (including phenoxy) is 2. The Morgan fingerprint density at radius 2 is 1.43 bits per heavy atom. The van der Waals surface area contributed by atoms with Gasteiger partial charge in [0, 0.05) is 6.54 Å². The van der Waals surface area contributed by atoms with Gasteiger partial charge in [0.05, 0.1) is 18.9 Å². The SMILES string of the molecule is CCN(c1ccc(OC)cc1)S(=O)(=O)[C@H]1C[C@H]2O[C@@H]1C(c1ccc(O)cc1)=C2c1ccc(O)cc1. The van der Waals surface area contributed by atoms with Crippen LogP contribution in [0.2, 0.25) is 0 Å². The number of fused-ring (bicyclic) bond motifs is 2. The van der Waals surface area contributed by atoms with Gasteiger partial charge in [0.25, 0.3) is 0 Å². The summed E-state index contributed by atoms with van der Waals surface area (Å²) in [5, 5.41) is 18.8. The molecule has 0 aliphatic carbocycles. The third kappa shape index (κ3) is 4.02. The number of phenols is 2. The molecule has 7 nitrogen and oxygen atoms in total. The van der Waals surface area contributed by atoms with Crippen molar-refractivity contribution in [3.05, 3.63) is 83.9 Å². The fourth-order valence-electron chi connectivity index (χ4n) is 5.06. The number of phenolic OH excluding ortho intramolecular Hbond substituents is 2. The molecule has 182 valence electrons. The van der Waals surface area contributed by atoms with Crippen molar-refractivity contribution in [2.45, 2.75) is 30.8 Å². The van der Waals surface area contributed by atoms with Crippen molar-refractivity contribution in [3.8, 4) is 17.2 Å². The zero-order chi connectivity index (χ0) is 24.7. The van der Waals surface area contributed by atoms with Crippen molar-refractivity contribution >= 4 is 26.9 Å². The Labute approximate surface area is 204 Å². The molecule has 0 radical (unpaired) electrons. The van der Waals surface area contributed by atoms with Gasteiger partial charge in [-0.05, 0) is 84.1 Å². The molecule has 2 bridgehead atoms. The molecular weight excluding hydrogens is 466 g/mol. The molecule has 2 aliphatic rings. The monoisotopic (exact) mass is 493 g/mol. The van der Waals surface area contributed by atoms with Crippen LogP contribution < -0.4 is 9.04 Å². The highest BCUT2D eigenvalue weighted by Gasteiger charge is 2.54. The van der Waals surface area contributed by atoms with Gasteiger partial charge in [0.15, 0.2) is 0 Å². The maximum Gasteiger partial charge on any atom is 0.241 e. The van der Waals surface area contributed by atoms with Gasteiger partial charge in [-0.25, -0.2) is 8.42 Å². The summed E-state index contributed by atoms with van der Waals surface area (Å²) in [7, 11) is -2.20. The molecule has 2 N–H and O–H groups in total. The normalized spacial score (nSPS) is 21.4. The Kier molecular flexibility index (Phi) is 5.94. The first-order valence-electron chi connectivity index (χ1n) is 11.5. The summed E-state index contributed by atoms with van der Waals surface area (Å²) in [5.41, 5.74) is 3.96. The van der Waals surface area contributed by atoms with Crippen molar-refractivity contribution in [3.63, 3.8) is 0 Å². The van der Waals surface area contributed by atoms with Gasteiger partial charge in [-0.2, -0.15) is 0 Å². The third-order valence-electron chi connectivity index (χ3n) is 6.69. The molecule has 3 atom stereocenters. The van der Waals surface area contributed by atoms with E-state index in [2.05, 4.69) is 0 Å². The van der Waals surface area contributed by atoms with Gasteiger partial charge in [0.2, 0.25) is 10.0 Å². The largest absolute Gasteiger partial charge is 0.508 e. The first-order valence-corrected chi connectivity index (χ1v) is 13.0. The van der Waals surface area contributed by atoms with E-state index in [1.165, 1.54) is 4.31 Å². The molecule has 3 aromatic rings. The summed E-state index contributed by atoms with van der Waals surface area (Å²) < 4.78 is 40.8. The fraction of sp³-hybridized carbons (Fsp3) is 0.259. The zero-order valence-corrected chi connectivity index (χ0v) is 20.3. The number of nitrogens with zero attached hydrogens (tertiary/aromatic N) is 1. The average Bonchev–Trinajstić information content (AvgIpc) is 3.46.